The first-order chi connectivity index (χ1) is 17.9. The minimum atomic E-state index is -1.02. The molecule has 0 unspecified atom stereocenters. The van der Waals surface area contributed by atoms with E-state index in [4.69, 9.17) is 26.5 Å². The van der Waals surface area contributed by atoms with E-state index in [1.165, 1.54) is 11.1 Å². The van der Waals surface area contributed by atoms with E-state index in [1.807, 2.05) is 71.4 Å². The Morgan fingerprint density at radius 1 is 0.838 bits per heavy atom. The summed E-state index contributed by atoms with van der Waals surface area (Å²) >= 11 is 6.16. The Kier molecular flexibility index (Phi) is 6.80. The Labute approximate surface area is 220 Å². The van der Waals surface area contributed by atoms with E-state index in [9.17, 15) is 4.79 Å². The van der Waals surface area contributed by atoms with E-state index in [1.54, 1.807) is 6.07 Å². The van der Waals surface area contributed by atoms with Crippen LogP contribution in [0.3, 0.4) is 0 Å². The minimum Gasteiger partial charge on any atom is -0.482 e. The zero-order valence-corrected chi connectivity index (χ0v) is 21.2. The topological polar surface area (TPSA) is 64.3 Å². The van der Waals surface area contributed by atoms with E-state index in [0.717, 1.165) is 39.3 Å². The average molecular weight is 509 g/mol. The maximum Gasteiger partial charge on any atom is 0.341 e. The molecule has 0 fully saturated rings. The molecule has 1 aromatic heterocycles. The first-order valence-corrected chi connectivity index (χ1v) is 12.2. The van der Waals surface area contributed by atoms with Crippen LogP contribution in [0.15, 0.2) is 97.1 Å². The molecule has 4 aromatic carbocycles. The molecule has 0 aliphatic heterocycles. The van der Waals surface area contributed by atoms with E-state index >= 15 is 0 Å². The summed E-state index contributed by atoms with van der Waals surface area (Å²) in [6.45, 7) is 3.82. The number of carbonyl (C=O) groups is 1. The number of ether oxygens (including phenoxy) is 1. The smallest absolute Gasteiger partial charge is 0.341 e. The third-order valence-electron chi connectivity index (χ3n) is 6.29. The number of nitrogens with zero attached hydrogens (tertiary/aromatic N) is 2. The van der Waals surface area contributed by atoms with Crippen molar-refractivity contribution in [1.82, 2.24) is 9.78 Å². The lowest BCUT2D eigenvalue weighted by atomic mass is 9.97. The van der Waals surface area contributed by atoms with Crippen LogP contribution in [0.5, 0.6) is 5.75 Å². The highest BCUT2D eigenvalue weighted by Gasteiger charge is 2.17. The molecule has 37 heavy (non-hydrogen) atoms. The van der Waals surface area contributed by atoms with Crippen molar-refractivity contribution in [3.8, 4) is 45.1 Å². The predicted octanol–water partition coefficient (Wildman–Crippen LogP) is 7.61. The third-order valence-corrected chi connectivity index (χ3v) is 6.55. The molecule has 0 atom stereocenters. The van der Waals surface area contributed by atoms with Crippen LogP contribution in [0.25, 0.3) is 39.3 Å². The van der Waals surface area contributed by atoms with Gasteiger partial charge in [0.05, 0.1) is 17.1 Å². The van der Waals surface area contributed by atoms with Crippen LogP contribution in [0.2, 0.25) is 5.02 Å². The molecule has 0 saturated carbocycles. The number of aromatic nitrogens is 2. The van der Waals surface area contributed by atoms with Gasteiger partial charge < -0.3 is 9.84 Å². The minimum absolute atomic E-state index is 0.393. The van der Waals surface area contributed by atoms with Crippen molar-refractivity contribution < 1.29 is 14.6 Å². The van der Waals surface area contributed by atoms with Crippen LogP contribution in [0.4, 0.5) is 0 Å². The molecule has 1 N–H and O–H groups in total. The molecule has 6 heteroatoms. The van der Waals surface area contributed by atoms with Gasteiger partial charge in [0.25, 0.3) is 0 Å². The number of halogens is 1. The van der Waals surface area contributed by atoms with E-state index in [0.29, 0.717) is 10.8 Å². The molecule has 0 amide bonds. The SMILES string of the molecule is Cc1ccc(-c2cc(-c3ccccc3-c3cccc(OCC(=O)O)c3)nn2-c2ccc(Cl)cc2)cc1C. The number of carboxylic acid groups (broad SMARTS) is 1. The lowest BCUT2D eigenvalue weighted by Crippen LogP contribution is -2.09. The van der Waals surface area contributed by atoms with Crippen molar-refractivity contribution in [3.05, 3.63) is 113 Å². The Bertz CT molecular complexity index is 1590. The lowest BCUT2D eigenvalue weighted by molar-refractivity contribution is -0.139. The second-order valence-corrected chi connectivity index (χ2v) is 9.29. The van der Waals surface area contributed by atoms with Crippen molar-refractivity contribution in [3.63, 3.8) is 0 Å². The summed E-state index contributed by atoms with van der Waals surface area (Å²) in [4.78, 5) is 11.0. The number of hydrogen-bond acceptors (Lipinski definition) is 3. The molecule has 0 spiro atoms. The average Bonchev–Trinajstić information content (AvgIpc) is 3.35. The van der Waals surface area contributed by atoms with Gasteiger partial charge in [-0.3, -0.25) is 0 Å². The van der Waals surface area contributed by atoms with Gasteiger partial charge in [0, 0.05) is 16.1 Å². The molecule has 1 heterocycles. The standard InChI is InChI=1S/C31H25ClN2O3/c1-20-10-11-23(16-21(20)2)30-18-29(33-34(30)25-14-12-24(32)13-15-25)28-9-4-3-8-27(28)22-6-5-7-26(17-22)37-19-31(35)36/h3-18H,19H2,1-2H3,(H,35,36). The van der Waals surface area contributed by atoms with Crippen molar-refractivity contribution >= 4 is 17.6 Å². The molecule has 0 aliphatic carbocycles. The van der Waals surface area contributed by atoms with Gasteiger partial charge in [-0.15, -0.1) is 0 Å². The molecule has 184 valence electrons. The molecule has 0 radical (unpaired) electrons. The van der Waals surface area contributed by atoms with Crippen molar-refractivity contribution in [1.29, 1.82) is 0 Å². The predicted molar refractivity (Wildman–Crippen MR) is 147 cm³/mol. The lowest BCUT2D eigenvalue weighted by Gasteiger charge is -2.10. The monoisotopic (exact) mass is 508 g/mol. The number of carboxylic acids is 1. The first-order valence-electron chi connectivity index (χ1n) is 11.9. The van der Waals surface area contributed by atoms with Crippen molar-refractivity contribution in [2.24, 2.45) is 0 Å². The summed E-state index contributed by atoms with van der Waals surface area (Å²) < 4.78 is 7.36. The Morgan fingerprint density at radius 3 is 2.32 bits per heavy atom. The fourth-order valence-electron chi connectivity index (χ4n) is 4.25. The second kappa shape index (κ2) is 10.3. The number of aliphatic carboxylic acids is 1. The number of hydrogen-bond donors (Lipinski definition) is 1. The molecule has 0 aliphatic rings. The summed E-state index contributed by atoms with van der Waals surface area (Å²) in [5.74, 6) is -0.519. The maximum absolute atomic E-state index is 11.0. The molecule has 0 saturated heterocycles. The first kappa shape index (κ1) is 24.3. The molecule has 0 bridgehead atoms. The molecule has 5 rings (SSSR count). The summed E-state index contributed by atoms with van der Waals surface area (Å²) in [6, 6.07) is 31.6. The molecule has 5 aromatic rings. The highest BCUT2D eigenvalue weighted by Crippen LogP contribution is 2.36. The fraction of sp³-hybridized carbons (Fsp3) is 0.0968. The Hall–Kier alpha value is -4.35. The van der Waals surface area contributed by atoms with E-state index in [2.05, 4.69) is 38.1 Å². The summed E-state index contributed by atoms with van der Waals surface area (Å²) in [7, 11) is 0. The quantitative estimate of drug-likeness (QED) is 0.246. The Balaban J connectivity index is 1.64. The largest absolute Gasteiger partial charge is 0.482 e. The van der Waals surface area contributed by atoms with Gasteiger partial charge in [0.1, 0.15) is 5.75 Å². The van der Waals surface area contributed by atoms with Crippen LogP contribution < -0.4 is 4.74 Å². The van der Waals surface area contributed by atoms with Crippen molar-refractivity contribution in [2.45, 2.75) is 13.8 Å². The number of aryl methyl sites for hydroxylation is 2. The zero-order valence-electron chi connectivity index (χ0n) is 20.5. The summed E-state index contributed by atoms with van der Waals surface area (Å²) in [6.07, 6.45) is 0. The van der Waals surface area contributed by atoms with Gasteiger partial charge in [-0.25, -0.2) is 9.48 Å². The van der Waals surface area contributed by atoms with Crippen LogP contribution in [0.1, 0.15) is 11.1 Å². The fourth-order valence-corrected chi connectivity index (χ4v) is 4.38. The van der Waals surface area contributed by atoms with Gasteiger partial charge >= 0.3 is 5.97 Å². The van der Waals surface area contributed by atoms with E-state index in [-0.39, 0.29) is 0 Å². The van der Waals surface area contributed by atoms with Gasteiger partial charge in [-0.1, -0.05) is 60.1 Å². The molecular formula is C31H25ClN2O3. The highest BCUT2D eigenvalue weighted by atomic mass is 35.5. The van der Waals surface area contributed by atoms with Crippen LogP contribution in [-0.4, -0.2) is 27.5 Å². The van der Waals surface area contributed by atoms with Crippen LogP contribution >= 0.6 is 11.6 Å². The summed E-state index contributed by atoms with van der Waals surface area (Å²) in [5, 5.41) is 14.7. The van der Waals surface area contributed by atoms with E-state index < -0.39 is 12.6 Å². The second-order valence-electron chi connectivity index (χ2n) is 8.86. The van der Waals surface area contributed by atoms with Crippen molar-refractivity contribution in [2.75, 3.05) is 6.61 Å². The number of rotatable bonds is 7. The maximum atomic E-state index is 11.0. The third kappa shape index (κ3) is 5.27. The number of benzene rings is 4. The van der Waals surface area contributed by atoms with Gasteiger partial charge in [-0.2, -0.15) is 5.10 Å². The molecular weight excluding hydrogens is 484 g/mol. The molecule has 5 nitrogen and oxygen atoms in total. The van der Waals surface area contributed by atoms with Crippen LogP contribution in [-0.2, 0) is 4.79 Å². The van der Waals surface area contributed by atoms with Gasteiger partial charge in [0.2, 0.25) is 0 Å². The summed E-state index contributed by atoms with van der Waals surface area (Å²) in [5.41, 5.74) is 9.03. The zero-order chi connectivity index (χ0) is 25.9. The highest BCUT2D eigenvalue weighted by molar-refractivity contribution is 6.30. The van der Waals surface area contributed by atoms with Gasteiger partial charge in [-0.05, 0) is 84.6 Å². The normalized spacial score (nSPS) is 10.9. The Morgan fingerprint density at radius 2 is 1.59 bits per heavy atom. The van der Waals surface area contributed by atoms with Gasteiger partial charge in [0.15, 0.2) is 6.61 Å². The van der Waals surface area contributed by atoms with Crippen LogP contribution in [0, 0.1) is 13.8 Å².